The lowest BCUT2D eigenvalue weighted by Gasteiger charge is -2.04. The number of benzene rings is 1. The third-order valence-electron chi connectivity index (χ3n) is 2.10. The zero-order chi connectivity index (χ0) is 11.9. The van der Waals surface area contributed by atoms with Crippen molar-refractivity contribution in [3.63, 3.8) is 0 Å². The average molecular weight is 242 g/mol. The SMILES string of the molecule is NS(=O)(=O)c1c(F)c(=O)[nH]c2ccccc12. The van der Waals surface area contributed by atoms with Crippen molar-refractivity contribution in [2.24, 2.45) is 5.14 Å². The molecule has 1 aromatic heterocycles. The van der Waals surface area contributed by atoms with Crippen LogP contribution in [0, 0.1) is 5.82 Å². The topological polar surface area (TPSA) is 93.0 Å². The number of hydrogen-bond donors (Lipinski definition) is 2. The van der Waals surface area contributed by atoms with Crippen LogP contribution in [-0.4, -0.2) is 13.4 Å². The Morgan fingerprint density at radius 1 is 1.25 bits per heavy atom. The lowest BCUT2D eigenvalue weighted by atomic mass is 10.2. The molecule has 1 aromatic carbocycles. The Hall–Kier alpha value is -1.73. The van der Waals surface area contributed by atoms with Crippen LogP contribution in [0.4, 0.5) is 4.39 Å². The van der Waals surface area contributed by atoms with Gasteiger partial charge in [0.2, 0.25) is 15.8 Å². The van der Waals surface area contributed by atoms with E-state index in [9.17, 15) is 17.6 Å². The van der Waals surface area contributed by atoms with Crippen LogP contribution in [0.1, 0.15) is 0 Å². The first-order chi connectivity index (χ1) is 7.41. The minimum atomic E-state index is -4.28. The largest absolute Gasteiger partial charge is 0.319 e. The molecule has 0 bridgehead atoms. The van der Waals surface area contributed by atoms with Crippen LogP contribution in [-0.2, 0) is 10.0 Å². The highest BCUT2D eigenvalue weighted by molar-refractivity contribution is 7.89. The van der Waals surface area contributed by atoms with Gasteiger partial charge in [-0.05, 0) is 6.07 Å². The minimum Gasteiger partial charge on any atom is -0.319 e. The van der Waals surface area contributed by atoms with Gasteiger partial charge in [0.15, 0.2) is 0 Å². The summed E-state index contributed by atoms with van der Waals surface area (Å²) in [5.74, 6) is -1.39. The molecule has 2 aromatic rings. The Balaban J connectivity index is 3.11. The van der Waals surface area contributed by atoms with Crippen molar-refractivity contribution in [2.75, 3.05) is 0 Å². The Morgan fingerprint density at radius 3 is 2.50 bits per heavy atom. The van der Waals surface area contributed by atoms with Gasteiger partial charge in [0.05, 0.1) is 0 Å². The summed E-state index contributed by atoms with van der Waals surface area (Å²) in [6.45, 7) is 0. The summed E-state index contributed by atoms with van der Waals surface area (Å²) in [7, 11) is -4.28. The Labute approximate surface area is 89.8 Å². The van der Waals surface area contributed by atoms with Crippen molar-refractivity contribution in [3.05, 3.63) is 40.4 Å². The molecule has 0 saturated carbocycles. The highest BCUT2D eigenvalue weighted by Gasteiger charge is 2.21. The highest BCUT2D eigenvalue weighted by Crippen LogP contribution is 2.20. The van der Waals surface area contributed by atoms with Gasteiger partial charge in [-0.3, -0.25) is 4.79 Å². The monoisotopic (exact) mass is 242 g/mol. The first-order valence-corrected chi connectivity index (χ1v) is 5.79. The number of para-hydroxylation sites is 1. The van der Waals surface area contributed by atoms with Gasteiger partial charge in [0, 0.05) is 10.9 Å². The van der Waals surface area contributed by atoms with Gasteiger partial charge in [0.25, 0.3) is 5.56 Å². The summed E-state index contributed by atoms with van der Waals surface area (Å²) >= 11 is 0. The third kappa shape index (κ3) is 1.59. The maximum atomic E-state index is 13.4. The number of fused-ring (bicyclic) bond motifs is 1. The van der Waals surface area contributed by atoms with E-state index in [-0.39, 0.29) is 10.9 Å². The maximum Gasteiger partial charge on any atom is 0.285 e. The van der Waals surface area contributed by atoms with Crippen molar-refractivity contribution in [1.82, 2.24) is 4.98 Å². The second kappa shape index (κ2) is 3.39. The summed E-state index contributed by atoms with van der Waals surface area (Å²) in [5, 5.41) is 4.93. The fourth-order valence-corrected chi connectivity index (χ4v) is 2.29. The van der Waals surface area contributed by atoms with Crippen molar-refractivity contribution >= 4 is 20.9 Å². The lowest BCUT2D eigenvalue weighted by Crippen LogP contribution is -2.21. The second-order valence-electron chi connectivity index (χ2n) is 3.19. The molecule has 0 spiro atoms. The molecule has 5 nitrogen and oxygen atoms in total. The zero-order valence-corrected chi connectivity index (χ0v) is 8.71. The van der Waals surface area contributed by atoms with E-state index in [2.05, 4.69) is 4.98 Å². The molecule has 3 N–H and O–H groups in total. The number of H-pyrrole nitrogens is 1. The fraction of sp³-hybridized carbons (Fsp3) is 0. The number of nitrogens with one attached hydrogen (secondary N) is 1. The molecule has 0 saturated heterocycles. The van der Waals surface area contributed by atoms with E-state index < -0.39 is 26.3 Å². The van der Waals surface area contributed by atoms with Gasteiger partial charge in [-0.15, -0.1) is 0 Å². The van der Waals surface area contributed by atoms with Gasteiger partial charge in [-0.2, -0.15) is 4.39 Å². The number of pyridine rings is 1. The van der Waals surface area contributed by atoms with Crippen molar-refractivity contribution < 1.29 is 12.8 Å². The van der Waals surface area contributed by atoms with E-state index in [0.29, 0.717) is 0 Å². The molecule has 7 heteroatoms. The minimum absolute atomic E-state index is 0.0575. The summed E-state index contributed by atoms with van der Waals surface area (Å²) in [5.41, 5.74) is -0.888. The van der Waals surface area contributed by atoms with Gasteiger partial charge >= 0.3 is 0 Å². The van der Waals surface area contributed by atoms with Gasteiger partial charge in [-0.25, -0.2) is 13.6 Å². The van der Waals surface area contributed by atoms with Gasteiger partial charge in [-0.1, -0.05) is 18.2 Å². The molecule has 1 heterocycles. The first kappa shape index (κ1) is 10.8. The number of aromatic amines is 1. The molecule has 0 atom stereocenters. The van der Waals surface area contributed by atoms with Crippen molar-refractivity contribution in [1.29, 1.82) is 0 Å². The third-order valence-corrected chi connectivity index (χ3v) is 3.07. The number of primary sulfonamides is 1. The molecule has 0 unspecified atom stereocenters. The van der Waals surface area contributed by atoms with Crippen LogP contribution in [0.3, 0.4) is 0 Å². The van der Waals surface area contributed by atoms with Crippen LogP contribution in [0.15, 0.2) is 34.0 Å². The van der Waals surface area contributed by atoms with Gasteiger partial charge in [0.1, 0.15) is 4.90 Å². The van der Waals surface area contributed by atoms with Gasteiger partial charge < -0.3 is 4.98 Å². The summed E-state index contributed by atoms with van der Waals surface area (Å²) < 4.78 is 35.8. The van der Waals surface area contributed by atoms with E-state index in [4.69, 9.17) is 5.14 Å². The second-order valence-corrected chi connectivity index (χ2v) is 4.69. The summed E-state index contributed by atoms with van der Waals surface area (Å²) in [4.78, 5) is 12.6. The molecule has 0 fully saturated rings. The Kier molecular flexibility index (Phi) is 2.28. The smallest absolute Gasteiger partial charge is 0.285 e. The summed E-state index contributed by atoms with van der Waals surface area (Å²) in [6.07, 6.45) is 0. The fourth-order valence-electron chi connectivity index (χ4n) is 1.47. The van der Waals surface area contributed by atoms with E-state index in [1.165, 1.54) is 18.2 Å². The average Bonchev–Trinajstić information content (AvgIpc) is 2.17. The molecule has 2 rings (SSSR count). The number of sulfonamides is 1. The van der Waals surface area contributed by atoms with Crippen LogP contribution in [0.5, 0.6) is 0 Å². The number of nitrogens with two attached hydrogens (primary N) is 1. The number of hydrogen-bond acceptors (Lipinski definition) is 3. The number of aromatic nitrogens is 1. The van der Waals surface area contributed by atoms with Crippen molar-refractivity contribution in [2.45, 2.75) is 4.90 Å². The molecule has 16 heavy (non-hydrogen) atoms. The molecule has 0 radical (unpaired) electrons. The van der Waals surface area contributed by atoms with Crippen LogP contribution >= 0.6 is 0 Å². The van der Waals surface area contributed by atoms with Crippen LogP contribution in [0.2, 0.25) is 0 Å². The molecule has 0 aliphatic carbocycles. The molecule has 0 aliphatic rings. The predicted molar refractivity (Wildman–Crippen MR) is 55.9 cm³/mol. The molecular weight excluding hydrogens is 235 g/mol. The normalized spacial score (nSPS) is 11.9. The molecular formula is C9H7FN2O3S. The zero-order valence-electron chi connectivity index (χ0n) is 7.90. The van der Waals surface area contributed by atoms with Crippen LogP contribution in [0.25, 0.3) is 10.9 Å². The highest BCUT2D eigenvalue weighted by atomic mass is 32.2. The van der Waals surface area contributed by atoms with Crippen molar-refractivity contribution in [3.8, 4) is 0 Å². The predicted octanol–water partition coefficient (Wildman–Crippen LogP) is 0.315. The summed E-state index contributed by atoms with van der Waals surface area (Å²) in [6, 6.07) is 5.94. The van der Waals surface area contributed by atoms with E-state index in [0.717, 1.165) is 0 Å². The Bertz CT molecular complexity index is 721. The lowest BCUT2D eigenvalue weighted by molar-refractivity contribution is 0.561. The molecule has 0 aliphatic heterocycles. The van der Waals surface area contributed by atoms with E-state index in [1.54, 1.807) is 6.07 Å². The van der Waals surface area contributed by atoms with E-state index in [1.807, 2.05) is 0 Å². The Morgan fingerprint density at radius 2 is 1.88 bits per heavy atom. The number of rotatable bonds is 1. The number of halogens is 1. The maximum absolute atomic E-state index is 13.4. The van der Waals surface area contributed by atoms with E-state index >= 15 is 0 Å². The van der Waals surface area contributed by atoms with Crippen LogP contribution < -0.4 is 10.7 Å². The quantitative estimate of drug-likeness (QED) is 0.753. The molecule has 0 amide bonds. The first-order valence-electron chi connectivity index (χ1n) is 4.24. The standard InChI is InChI=1S/C9H7FN2O3S/c10-7-8(16(11,14)15)5-3-1-2-4-6(5)12-9(7)13/h1-4H,(H,12,13)(H2,11,14,15). The molecule has 84 valence electrons.